The van der Waals surface area contributed by atoms with E-state index < -0.39 is 37.9 Å². The third kappa shape index (κ3) is 5.10. The summed E-state index contributed by atoms with van der Waals surface area (Å²) in [6.07, 6.45) is -2.75. The van der Waals surface area contributed by atoms with Crippen molar-refractivity contribution >= 4 is 5.91 Å². The van der Waals surface area contributed by atoms with Gasteiger partial charge >= 0.3 is 0 Å². The lowest BCUT2D eigenvalue weighted by atomic mass is 10.1. The molecule has 0 aliphatic heterocycles. The fourth-order valence-corrected chi connectivity index (χ4v) is 1.63. The molecule has 0 unspecified atom stereocenters. The number of nitrogens with zero attached hydrogens (tertiary/aromatic N) is 1. The molecule has 7 heteroatoms. The van der Waals surface area contributed by atoms with Crippen LogP contribution in [-0.4, -0.2) is 53.7 Å². The Morgan fingerprint density at radius 2 is 2.05 bits per heavy atom. The lowest BCUT2D eigenvalue weighted by Crippen LogP contribution is -2.37. The van der Waals surface area contributed by atoms with Crippen molar-refractivity contribution in [2.24, 2.45) is 0 Å². The molecule has 4 nitrogen and oxygen atoms in total. The van der Waals surface area contributed by atoms with E-state index >= 15 is 0 Å². The standard InChI is InChI=1S/C14H14F3NO3/c15-12-8-11(4-3-10(12)2-1-6-19)14(21)18(5-7-20)9-13(16)17/h3-4,8,13,19-20H,5-7,9H2. The third-order valence-corrected chi connectivity index (χ3v) is 2.53. The summed E-state index contributed by atoms with van der Waals surface area (Å²) in [4.78, 5) is 12.7. The Morgan fingerprint density at radius 3 is 2.57 bits per heavy atom. The molecule has 0 saturated carbocycles. The van der Waals surface area contributed by atoms with Crippen LogP contribution in [0.2, 0.25) is 0 Å². The van der Waals surface area contributed by atoms with Gasteiger partial charge in [-0.2, -0.15) is 0 Å². The molecule has 0 atom stereocenters. The van der Waals surface area contributed by atoms with Gasteiger partial charge in [0.15, 0.2) is 0 Å². The van der Waals surface area contributed by atoms with Gasteiger partial charge in [-0.1, -0.05) is 11.8 Å². The van der Waals surface area contributed by atoms with E-state index in [4.69, 9.17) is 10.2 Å². The van der Waals surface area contributed by atoms with E-state index in [1.54, 1.807) is 0 Å². The highest BCUT2D eigenvalue weighted by Gasteiger charge is 2.20. The van der Waals surface area contributed by atoms with Crippen LogP contribution in [0.15, 0.2) is 18.2 Å². The minimum Gasteiger partial charge on any atom is -0.395 e. The molecule has 1 rings (SSSR count). The average Bonchev–Trinajstić information content (AvgIpc) is 2.44. The van der Waals surface area contributed by atoms with E-state index in [0.717, 1.165) is 11.0 Å². The number of carbonyl (C=O) groups excluding carboxylic acids is 1. The number of rotatable bonds is 5. The van der Waals surface area contributed by atoms with E-state index in [2.05, 4.69) is 11.8 Å². The van der Waals surface area contributed by atoms with Crippen LogP contribution in [-0.2, 0) is 0 Å². The molecule has 0 aliphatic rings. The van der Waals surface area contributed by atoms with E-state index in [1.807, 2.05) is 0 Å². The zero-order valence-electron chi connectivity index (χ0n) is 11.0. The van der Waals surface area contributed by atoms with Gasteiger partial charge in [-0.25, -0.2) is 13.2 Å². The van der Waals surface area contributed by atoms with Crippen molar-refractivity contribution < 1.29 is 28.2 Å². The van der Waals surface area contributed by atoms with Crippen molar-refractivity contribution in [1.82, 2.24) is 4.90 Å². The fraction of sp³-hybridized carbons (Fsp3) is 0.357. The number of hydrogen-bond acceptors (Lipinski definition) is 3. The lowest BCUT2D eigenvalue weighted by molar-refractivity contribution is 0.0509. The van der Waals surface area contributed by atoms with Crippen LogP contribution >= 0.6 is 0 Å². The highest BCUT2D eigenvalue weighted by molar-refractivity contribution is 5.94. The highest BCUT2D eigenvalue weighted by Crippen LogP contribution is 2.13. The van der Waals surface area contributed by atoms with Gasteiger partial charge in [-0.05, 0) is 18.2 Å². The van der Waals surface area contributed by atoms with Crippen LogP contribution in [0.25, 0.3) is 0 Å². The molecule has 0 saturated heterocycles. The predicted octanol–water partition coefficient (Wildman–Crippen LogP) is 0.869. The number of amides is 1. The minimum absolute atomic E-state index is 0.0110. The van der Waals surface area contributed by atoms with E-state index in [9.17, 15) is 18.0 Å². The number of halogens is 3. The van der Waals surface area contributed by atoms with Gasteiger partial charge in [-0.3, -0.25) is 4.79 Å². The summed E-state index contributed by atoms with van der Waals surface area (Å²) in [5.41, 5.74) is -0.126. The van der Waals surface area contributed by atoms with Gasteiger partial charge in [0.2, 0.25) is 0 Å². The molecule has 0 aliphatic carbocycles. The van der Waals surface area contributed by atoms with Crippen molar-refractivity contribution in [3.05, 3.63) is 35.1 Å². The molecular formula is C14H14F3NO3. The van der Waals surface area contributed by atoms with Crippen LogP contribution in [0.4, 0.5) is 13.2 Å². The van der Waals surface area contributed by atoms with Gasteiger partial charge in [-0.15, -0.1) is 0 Å². The molecule has 1 aromatic carbocycles. The normalized spacial score (nSPS) is 10.2. The monoisotopic (exact) mass is 301 g/mol. The smallest absolute Gasteiger partial charge is 0.255 e. The minimum atomic E-state index is -2.75. The van der Waals surface area contributed by atoms with Crippen molar-refractivity contribution in [2.45, 2.75) is 6.43 Å². The van der Waals surface area contributed by atoms with Crippen LogP contribution in [0.5, 0.6) is 0 Å². The summed E-state index contributed by atoms with van der Waals surface area (Å²) in [7, 11) is 0. The second-order valence-corrected chi connectivity index (χ2v) is 4.02. The maximum atomic E-state index is 13.7. The van der Waals surface area contributed by atoms with Gasteiger partial charge in [0.05, 0.1) is 18.7 Å². The Balaban J connectivity index is 2.97. The summed E-state index contributed by atoms with van der Waals surface area (Å²) in [5.74, 6) is 3.03. The first-order valence-electron chi connectivity index (χ1n) is 6.07. The summed E-state index contributed by atoms with van der Waals surface area (Å²) in [6.45, 7) is -2.01. The largest absolute Gasteiger partial charge is 0.395 e. The molecule has 21 heavy (non-hydrogen) atoms. The van der Waals surface area contributed by atoms with Crippen molar-refractivity contribution in [1.29, 1.82) is 0 Å². The zero-order chi connectivity index (χ0) is 15.8. The topological polar surface area (TPSA) is 60.8 Å². The Hall–Kier alpha value is -2.04. The third-order valence-electron chi connectivity index (χ3n) is 2.53. The Morgan fingerprint density at radius 1 is 1.33 bits per heavy atom. The van der Waals surface area contributed by atoms with E-state index in [0.29, 0.717) is 0 Å². The fourth-order valence-electron chi connectivity index (χ4n) is 1.63. The molecule has 0 heterocycles. The van der Waals surface area contributed by atoms with E-state index in [-0.39, 0.29) is 17.7 Å². The maximum absolute atomic E-state index is 13.7. The first-order valence-corrected chi connectivity index (χ1v) is 6.07. The number of aliphatic hydroxyl groups excluding tert-OH is 2. The summed E-state index contributed by atoms with van der Waals surface area (Å²) in [6, 6.07) is 3.37. The number of hydrogen-bond donors (Lipinski definition) is 2. The Labute approximate surface area is 119 Å². The van der Waals surface area contributed by atoms with E-state index in [1.165, 1.54) is 12.1 Å². The van der Waals surface area contributed by atoms with Crippen molar-refractivity contribution in [2.75, 3.05) is 26.3 Å². The SMILES string of the molecule is O=C(c1ccc(C#CCO)c(F)c1)N(CCO)CC(F)F. The number of benzene rings is 1. The Kier molecular flexibility index (Phi) is 6.72. The quantitative estimate of drug-likeness (QED) is 0.793. The molecular weight excluding hydrogens is 287 g/mol. The maximum Gasteiger partial charge on any atom is 0.255 e. The highest BCUT2D eigenvalue weighted by atomic mass is 19.3. The summed E-state index contributed by atoms with van der Waals surface area (Å²) in [5, 5.41) is 17.3. The van der Waals surface area contributed by atoms with Crippen molar-refractivity contribution in [3.8, 4) is 11.8 Å². The second kappa shape index (κ2) is 8.29. The van der Waals surface area contributed by atoms with Crippen LogP contribution in [0.1, 0.15) is 15.9 Å². The second-order valence-electron chi connectivity index (χ2n) is 4.02. The molecule has 2 N–H and O–H groups in total. The molecule has 0 aromatic heterocycles. The molecule has 114 valence electrons. The number of carbonyl (C=O) groups is 1. The average molecular weight is 301 g/mol. The lowest BCUT2D eigenvalue weighted by Gasteiger charge is -2.21. The van der Waals surface area contributed by atoms with Crippen LogP contribution < -0.4 is 0 Å². The summed E-state index contributed by atoms with van der Waals surface area (Å²) >= 11 is 0. The molecule has 1 amide bonds. The molecule has 0 bridgehead atoms. The molecule has 0 spiro atoms. The zero-order valence-corrected chi connectivity index (χ0v) is 11.0. The van der Waals surface area contributed by atoms with Crippen molar-refractivity contribution in [3.63, 3.8) is 0 Å². The van der Waals surface area contributed by atoms with Gasteiger partial charge in [0.25, 0.3) is 12.3 Å². The molecule has 0 fully saturated rings. The van der Waals surface area contributed by atoms with Gasteiger partial charge in [0, 0.05) is 12.1 Å². The first-order chi connectivity index (χ1) is 9.99. The Bertz CT molecular complexity index is 552. The molecule has 1 aromatic rings. The van der Waals surface area contributed by atoms with Gasteiger partial charge < -0.3 is 15.1 Å². The predicted molar refractivity (Wildman–Crippen MR) is 69.4 cm³/mol. The van der Waals surface area contributed by atoms with Crippen LogP contribution in [0.3, 0.4) is 0 Å². The number of alkyl halides is 2. The van der Waals surface area contributed by atoms with Gasteiger partial charge in [0.1, 0.15) is 12.4 Å². The van der Waals surface area contributed by atoms with Crippen LogP contribution in [0, 0.1) is 17.7 Å². The summed E-state index contributed by atoms with van der Waals surface area (Å²) < 4.78 is 38.4. The first kappa shape index (κ1) is 17.0. The number of aliphatic hydroxyl groups is 2. The molecule has 0 radical (unpaired) electrons.